The van der Waals surface area contributed by atoms with E-state index < -0.39 is 8.07 Å². The van der Waals surface area contributed by atoms with Crippen LogP contribution in [0.15, 0.2) is 46.9 Å². The van der Waals surface area contributed by atoms with E-state index in [-0.39, 0.29) is 10.9 Å². The van der Waals surface area contributed by atoms with Crippen molar-refractivity contribution in [3.63, 3.8) is 0 Å². The van der Waals surface area contributed by atoms with Crippen LogP contribution >= 0.6 is 0 Å². The van der Waals surface area contributed by atoms with E-state index in [4.69, 9.17) is 9.40 Å². The lowest BCUT2D eigenvalue weighted by atomic mass is 9.95. The van der Waals surface area contributed by atoms with Gasteiger partial charge >= 0.3 is 0 Å². The molecule has 0 spiro atoms. The molecule has 0 aliphatic rings. The Hall–Kier alpha value is -2.98. The average molecular weight is 484 g/mol. The number of fused-ring (bicyclic) bond motifs is 4. The molecule has 4 heteroatoms. The van der Waals surface area contributed by atoms with Crippen LogP contribution in [-0.4, -0.2) is 13.1 Å². The zero-order chi connectivity index (χ0) is 25.4. The third-order valence-electron chi connectivity index (χ3n) is 8.50. The molecule has 0 radical (unpaired) electrons. The molecule has 180 valence electrons. The summed E-state index contributed by atoms with van der Waals surface area (Å²) in [4.78, 5) is 5.14. The van der Waals surface area contributed by atoms with Gasteiger partial charge in [-0.3, -0.25) is 0 Å². The van der Waals surface area contributed by atoms with E-state index in [0.717, 1.165) is 38.7 Å². The smallest absolute Gasteiger partial charge is 0.145 e. The van der Waals surface area contributed by atoms with Gasteiger partial charge in [-0.05, 0) is 79.8 Å². The van der Waals surface area contributed by atoms with Crippen LogP contribution in [0.25, 0.3) is 44.1 Å². The molecule has 2 aromatic heterocycles. The fourth-order valence-corrected chi connectivity index (χ4v) is 6.84. The Kier molecular flexibility index (Phi) is 5.26. The van der Waals surface area contributed by atoms with Crippen LogP contribution in [-0.2, 0) is 0 Å². The lowest BCUT2D eigenvalue weighted by Gasteiger charge is -2.37. The van der Waals surface area contributed by atoms with Crippen molar-refractivity contribution >= 4 is 46.1 Å². The van der Waals surface area contributed by atoms with Crippen LogP contribution in [0.4, 0.5) is 4.39 Å². The fraction of sp³-hybridized carbons (Fsp3) is 0.323. The van der Waals surface area contributed by atoms with Crippen LogP contribution in [0.5, 0.6) is 0 Å². The van der Waals surface area contributed by atoms with Crippen molar-refractivity contribution in [1.82, 2.24) is 4.98 Å². The molecule has 0 unspecified atom stereocenters. The molecule has 0 saturated carbocycles. The van der Waals surface area contributed by atoms with Crippen LogP contribution < -0.4 is 5.19 Å². The first-order valence-electron chi connectivity index (χ1n) is 12.3. The van der Waals surface area contributed by atoms with Gasteiger partial charge in [0.1, 0.15) is 17.0 Å². The maximum atomic E-state index is 14.3. The SMILES string of the molecule is Cc1cc2c(oc3c(C)c(F)ccc32)c(-c2cc(C)c3cc([Si](C)(C)C(C)(C)C)ccc3n2)c1C. The van der Waals surface area contributed by atoms with Gasteiger partial charge in [0, 0.05) is 27.3 Å². The number of benzene rings is 3. The van der Waals surface area contributed by atoms with E-state index in [2.05, 4.69) is 85.0 Å². The Morgan fingerprint density at radius 2 is 1.49 bits per heavy atom. The van der Waals surface area contributed by atoms with E-state index >= 15 is 0 Å². The molecule has 0 fully saturated rings. The van der Waals surface area contributed by atoms with Gasteiger partial charge in [-0.2, -0.15) is 0 Å². The molecule has 0 atom stereocenters. The van der Waals surface area contributed by atoms with E-state index in [9.17, 15) is 4.39 Å². The second-order valence-corrected chi connectivity index (χ2v) is 17.0. The maximum absolute atomic E-state index is 14.3. The van der Waals surface area contributed by atoms with Crippen molar-refractivity contribution in [2.75, 3.05) is 0 Å². The molecule has 5 aromatic rings. The van der Waals surface area contributed by atoms with E-state index in [1.165, 1.54) is 27.8 Å². The summed E-state index contributed by atoms with van der Waals surface area (Å²) in [5, 5.41) is 4.89. The summed E-state index contributed by atoms with van der Waals surface area (Å²) in [6, 6.07) is 14.5. The Morgan fingerprint density at radius 3 is 2.17 bits per heavy atom. The first kappa shape index (κ1) is 23.7. The molecule has 0 saturated heterocycles. The van der Waals surface area contributed by atoms with Crippen LogP contribution in [0, 0.1) is 33.5 Å². The fourth-order valence-electron chi connectivity index (χ4n) is 4.96. The van der Waals surface area contributed by atoms with Gasteiger partial charge in [0.15, 0.2) is 0 Å². The van der Waals surface area contributed by atoms with Crippen molar-refractivity contribution in [1.29, 1.82) is 0 Å². The number of halogens is 1. The number of hydrogen-bond donors (Lipinski definition) is 0. The monoisotopic (exact) mass is 483 g/mol. The van der Waals surface area contributed by atoms with Crippen LogP contribution in [0.2, 0.25) is 18.1 Å². The number of pyridine rings is 1. The normalized spacial score (nSPS) is 12.9. The number of aromatic nitrogens is 1. The van der Waals surface area contributed by atoms with E-state index in [0.29, 0.717) is 11.1 Å². The number of hydrogen-bond acceptors (Lipinski definition) is 2. The van der Waals surface area contributed by atoms with Gasteiger partial charge in [0.05, 0.1) is 19.3 Å². The largest absolute Gasteiger partial charge is 0.455 e. The lowest BCUT2D eigenvalue weighted by Crippen LogP contribution is -2.49. The predicted molar refractivity (Wildman–Crippen MR) is 150 cm³/mol. The first-order valence-corrected chi connectivity index (χ1v) is 15.3. The highest BCUT2D eigenvalue weighted by molar-refractivity contribution is 6.92. The molecule has 0 amide bonds. The van der Waals surface area contributed by atoms with Crippen molar-refractivity contribution in [3.8, 4) is 11.3 Å². The zero-order valence-corrected chi connectivity index (χ0v) is 23.3. The van der Waals surface area contributed by atoms with Gasteiger partial charge in [-0.1, -0.05) is 51.2 Å². The van der Waals surface area contributed by atoms with Crippen molar-refractivity contribution in [3.05, 3.63) is 70.5 Å². The van der Waals surface area contributed by atoms with Crippen molar-refractivity contribution in [2.45, 2.75) is 66.6 Å². The molecule has 0 bridgehead atoms. The minimum atomic E-state index is -1.65. The molecule has 2 heterocycles. The summed E-state index contributed by atoms with van der Waals surface area (Å²) >= 11 is 0. The van der Waals surface area contributed by atoms with E-state index in [1.54, 1.807) is 6.92 Å². The second kappa shape index (κ2) is 7.76. The van der Waals surface area contributed by atoms with Crippen molar-refractivity contribution in [2.24, 2.45) is 0 Å². The van der Waals surface area contributed by atoms with Gasteiger partial charge in [0.25, 0.3) is 0 Å². The molecule has 3 aromatic carbocycles. The lowest BCUT2D eigenvalue weighted by molar-refractivity contribution is 0.608. The van der Waals surface area contributed by atoms with Gasteiger partial charge in [0.2, 0.25) is 0 Å². The summed E-state index contributed by atoms with van der Waals surface area (Å²) in [6.07, 6.45) is 0. The number of nitrogens with zero attached hydrogens (tertiary/aromatic N) is 1. The zero-order valence-electron chi connectivity index (χ0n) is 22.3. The molecule has 35 heavy (non-hydrogen) atoms. The Labute approximate surface area is 208 Å². The van der Waals surface area contributed by atoms with Crippen LogP contribution in [0.3, 0.4) is 0 Å². The Balaban J connectivity index is 1.78. The highest BCUT2D eigenvalue weighted by atomic mass is 28.3. The average Bonchev–Trinajstić information content (AvgIpc) is 3.14. The Morgan fingerprint density at radius 1 is 0.771 bits per heavy atom. The highest BCUT2D eigenvalue weighted by Crippen LogP contribution is 2.41. The summed E-state index contributed by atoms with van der Waals surface area (Å²) in [7, 11) is -1.65. The van der Waals surface area contributed by atoms with E-state index in [1.807, 2.05) is 6.07 Å². The maximum Gasteiger partial charge on any atom is 0.145 e. The van der Waals surface area contributed by atoms with Crippen molar-refractivity contribution < 1.29 is 8.81 Å². The highest BCUT2D eigenvalue weighted by Gasteiger charge is 2.36. The molecule has 0 aliphatic carbocycles. The molecule has 0 aliphatic heterocycles. The third-order valence-corrected chi connectivity index (χ3v) is 14.0. The van der Waals surface area contributed by atoms with Gasteiger partial charge in [-0.25, -0.2) is 9.37 Å². The minimum Gasteiger partial charge on any atom is -0.455 e. The summed E-state index contributed by atoms with van der Waals surface area (Å²) in [5.41, 5.74) is 8.34. The summed E-state index contributed by atoms with van der Waals surface area (Å²) < 4.78 is 20.7. The standard InChI is InChI=1S/C31H34FNOSi/c1-17-14-24-22-11-12-25(32)20(4)29(22)34-30(24)28(19(17)3)27-15-18(2)23-16-21(10-13-26(23)33-27)35(8,9)31(5,6)7/h10-16H,1-9H3. The Bertz CT molecular complexity index is 1650. The number of rotatable bonds is 2. The molecular weight excluding hydrogens is 449 g/mol. The topological polar surface area (TPSA) is 26.0 Å². The molecule has 5 rings (SSSR count). The predicted octanol–water partition coefficient (Wildman–Crippen LogP) is 8.89. The molecular formula is C31H34FNOSi. The molecule has 0 N–H and O–H groups in total. The van der Waals surface area contributed by atoms with Gasteiger partial charge < -0.3 is 4.42 Å². The van der Waals surface area contributed by atoms with Gasteiger partial charge in [-0.15, -0.1) is 0 Å². The molecule has 2 nitrogen and oxygen atoms in total. The first-order chi connectivity index (χ1) is 16.3. The number of furan rings is 1. The second-order valence-electron chi connectivity index (χ2n) is 11.7. The quantitative estimate of drug-likeness (QED) is 0.234. The van der Waals surface area contributed by atoms with Crippen LogP contribution in [0.1, 0.15) is 43.0 Å². The third kappa shape index (κ3) is 3.53. The minimum absolute atomic E-state index is 0.247. The summed E-state index contributed by atoms with van der Waals surface area (Å²) in [5.74, 6) is -0.247. The summed E-state index contributed by atoms with van der Waals surface area (Å²) in [6.45, 7) is 20.1. The number of aryl methyl sites for hydroxylation is 3.